The van der Waals surface area contributed by atoms with E-state index in [1.165, 1.54) is 49.7 Å². The van der Waals surface area contributed by atoms with Crippen molar-refractivity contribution >= 4 is 32.7 Å². The fourth-order valence-corrected chi connectivity index (χ4v) is 9.42. The average molecular weight is 688 g/mol. The van der Waals surface area contributed by atoms with Crippen LogP contribution in [0.3, 0.4) is 0 Å². The number of aromatic nitrogens is 3. The number of hydrogen-bond acceptors (Lipinski definition) is 4. The summed E-state index contributed by atoms with van der Waals surface area (Å²) >= 11 is 0. The Kier molecular flexibility index (Phi) is 5.95. The van der Waals surface area contributed by atoms with E-state index in [0.29, 0.717) is 17.5 Å². The Morgan fingerprint density at radius 1 is 0.370 bits per heavy atom. The van der Waals surface area contributed by atoms with Crippen LogP contribution < -0.4 is 0 Å². The van der Waals surface area contributed by atoms with E-state index < -0.39 is 5.41 Å². The van der Waals surface area contributed by atoms with Gasteiger partial charge >= 0.3 is 0 Å². The van der Waals surface area contributed by atoms with E-state index in [4.69, 9.17) is 19.4 Å². The molecule has 0 N–H and O–H groups in total. The van der Waals surface area contributed by atoms with Crippen molar-refractivity contribution in [3.8, 4) is 56.4 Å². The summed E-state index contributed by atoms with van der Waals surface area (Å²) in [6, 6.07) is 62.6. The zero-order chi connectivity index (χ0) is 35.4. The van der Waals surface area contributed by atoms with Crippen LogP contribution in [0.15, 0.2) is 180 Å². The highest BCUT2D eigenvalue weighted by Gasteiger charge is 2.50. The second kappa shape index (κ2) is 10.9. The SMILES string of the molecule is c1ccc(-c2nc(-c3cccc4c3-c3ccccc3C43c4ccccc4-c4cccc5cccc3c45)nc(-c3cccc4c3oc3ccccc34)n2)cc1. The van der Waals surface area contributed by atoms with Gasteiger partial charge in [-0.1, -0.05) is 164 Å². The molecule has 0 bridgehead atoms. The summed E-state index contributed by atoms with van der Waals surface area (Å²) in [4.78, 5) is 15.8. The van der Waals surface area contributed by atoms with Crippen molar-refractivity contribution in [1.29, 1.82) is 0 Å². The summed E-state index contributed by atoms with van der Waals surface area (Å²) in [6.45, 7) is 0. The maximum absolute atomic E-state index is 6.51. The first-order chi connectivity index (χ1) is 26.8. The highest BCUT2D eigenvalue weighted by atomic mass is 16.3. The highest BCUT2D eigenvalue weighted by Crippen LogP contribution is 2.63. The van der Waals surface area contributed by atoms with Crippen LogP contribution in [0.25, 0.3) is 89.1 Å². The topological polar surface area (TPSA) is 51.8 Å². The first-order valence-electron chi connectivity index (χ1n) is 18.4. The zero-order valence-electron chi connectivity index (χ0n) is 29.0. The predicted octanol–water partition coefficient (Wildman–Crippen LogP) is 12.3. The van der Waals surface area contributed by atoms with Crippen LogP contribution in [0.5, 0.6) is 0 Å². The molecule has 1 spiro atoms. The van der Waals surface area contributed by atoms with E-state index in [-0.39, 0.29) is 0 Å². The van der Waals surface area contributed by atoms with E-state index in [0.717, 1.165) is 44.2 Å². The van der Waals surface area contributed by atoms with E-state index in [2.05, 4.69) is 140 Å². The van der Waals surface area contributed by atoms with Gasteiger partial charge in [0.2, 0.25) is 0 Å². The first kappa shape index (κ1) is 29.4. The van der Waals surface area contributed by atoms with Crippen LogP contribution in [0, 0.1) is 0 Å². The molecule has 0 amide bonds. The predicted molar refractivity (Wildman–Crippen MR) is 217 cm³/mol. The summed E-state index contributed by atoms with van der Waals surface area (Å²) in [5.74, 6) is 1.81. The molecule has 0 saturated heterocycles. The van der Waals surface area contributed by atoms with Crippen LogP contribution in [0.1, 0.15) is 22.3 Å². The molecule has 10 aromatic rings. The average Bonchev–Trinajstić information content (AvgIpc) is 3.77. The van der Waals surface area contributed by atoms with Crippen LogP contribution in [0.4, 0.5) is 0 Å². The van der Waals surface area contributed by atoms with Gasteiger partial charge in [-0.2, -0.15) is 0 Å². The summed E-state index contributed by atoms with van der Waals surface area (Å²) in [6.07, 6.45) is 0. The number of para-hydroxylation sites is 2. The fourth-order valence-electron chi connectivity index (χ4n) is 9.42. The Morgan fingerprint density at radius 2 is 0.926 bits per heavy atom. The lowest BCUT2D eigenvalue weighted by Crippen LogP contribution is -2.31. The van der Waals surface area contributed by atoms with Gasteiger partial charge in [0.05, 0.1) is 11.0 Å². The number of furan rings is 1. The third-order valence-corrected chi connectivity index (χ3v) is 11.6. The second-order valence-corrected chi connectivity index (χ2v) is 14.2. The molecule has 0 saturated carbocycles. The van der Waals surface area contributed by atoms with Gasteiger partial charge in [0.25, 0.3) is 0 Å². The molecule has 54 heavy (non-hydrogen) atoms. The van der Waals surface area contributed by atoms with Gasteiger partial charge in [-0.05, 0) is 67.4 Å². The molecular weight excluding hydrogens is 659 g/mol. The fraction of sp³-hybridized carbons (Fsp3) is 0.0200. The van der Waals surface area contributed by atoms with Gasteiger partial charge in [-0.25, -0.2) is 15.0 Å². The zero-order valence-corrected chi connectivity index (χ0v) is 29.0. The van der Waals surface area contributed by atoms with Crippen LogP contribution >= 0.6 is 0 Å². The van der Waals surface area contributed by atoms with Gasteiger partial charge in [0.1, 0.15) is 11.2 Å². The van der Waals surface area contributed by atoms with Crippen molar-refractivity contribution < 1.29 is 4.42 Å². The van der Waals surface area contributed by atoms with Crippen LogP contribution in [-0.4, -0.2) is 15.0 Å². The van der Waals surface area contributed by atoms with Crippen LogP contribution in [-0.2, 0) is 5.41 Å². The Bertz CT molecular complexity index is 3170. The lowest BCUT2D eigenvalue weighted by Gasteiger charge is -2.40. The molecule has 2 aromatic heterocycles. The summed E-state index contributed by atoms with van der Waals surface area (Å²) in [5.41, 5.74) is 13.8. The van der Waals surface area contributed by atoms with Crippen LogP contribution in [0.2, 0.25) is 0 Å². The quantitative estimate of drug-likeness (QED) is 0.185. The van der Waals surface area contributed by atoms with E-state index >= 15 is 0 Å². The highest BCUT2D eigenvalue weighted by molar-refractivity contribution is 6.10. The molecule has 4 heteroatoms. The monoisotopic (exact) mass is 687 g/mol. The molecule has 2 heterocycles. The minimum Gasteiger partial charge on any atom is -0.455 e. The Balaban J connectivity index is 1.18. The maximum atomic E-state index is 6.51. The van der Waals surface area contributed by atoms with Gasteiger partial charge < -0.3 is 4.42 Å². The third kappa shape index (κ3) is 3.84. The molecule has 0 fully saturated rings. The summed E-state index contributed by atoms with van der Waals surface area (Å²) in [5, 5.41) is 4.65. The molecule has 1 unspecified atom stereocenters. The lowest BCUT2D eigenvalue weighted by molar-refractivity contribution is 0.669. The largest absolute Gasteiger partial charge is 0.455 e. The molecule has 8 aromatic carbocycles. The molecule has 0 radical (unpaired) electrons. The van der Waals surface area contributed by atoms with Crippen molar-refractivity contribution in [2.45, 2.75) is 5.41 Å². The first-order valence-corrected chi connectivity index (χ1v) is 18.4. The lowest BCUT2D eigenvalue weighted by atomic mass is 9.61. The van der Waals surface area contributed by atoms with Crippen molar-refractivity contribution in [3.05, 3.63) is 198 Å². The second-order valence-electron chi connectivity index (χ2n) is 14.2. The standard InChI is InChI=1S/C50H29N3O/c1-2-14-31(15-3-1)47-51-48(53-49(52-47)38-24-12-22-35-33-19-6-9-29-43(33)54-46(35)38)37-23-13-28-42-45(37)36-20-5-8-26-40(36)50(42)39-25-7-4-18-32(39)34-21-10-16-30-17-11-27-41(50)44(30)34/h1-29H. The molecule has 1 atom stereocenters. The minimum atomic E-state index is -0.537. The van der Waals surface area contributed by atoms with Crippen molar-refractivity contribution in [3.63, 3.8) is 0 Å². The number of benzene rings is 8. The van der Waals surface area contributed by atoms with Gasteiger partial charge in [0.15, 0.2) is 17.5 Å². The minimum absolute atomic E-state index is 0.537. The maximum Gasteiger partial charge on any atom is 0.167 e. The molecular formula is C50H29N3O. The Morgan fingerprint density at radius 3 is 1.80 bits per heavy atom. The number of hydrogen-bond donors (Lipinski definition) is 0. The number of nitrogens with zero attached hydrogens (tertiary/aromatic N) is 3. The summed E-state index contributed by atoms with van der Waals surface area (Å²) in [7, 11) is 0. The molecule has 2 aliphatic carbocycles. The van der Waals surface area contributed by atoms with E-state index in [9.17, 15) is 0 Å². The van der Waals surface area contributed by atoms with Crippen molar-refractivity contribution in [2.24, 2.45) is 0 Å². The molecule has 2 aliphatic rings. The smallest absolute Gasteiger partial charge is 0.167 e. The molecule has 0 aliphatic heterocycles. The molecule has 12 rings (SSSR count). The third-order valence-electron chi connectivity index (χ3n) is 11.6. The van der Waals surface area contributed by atoms with Gasteiger partial charge in [-0.3, -0.25) is 0 Å². The van der Waals surface area contributed by atoms with Gasteiger partial charge in [0, 0.05) is 21.9 Å². The van der Waals surface area contributed by atoms with E-state index in [1.807, 2.05) is 36.4 Å². The molecule has 250 valence electrons. The number of fused-ring (bicyclic) bond motifs is 12. The van der Waals surface area contributed by atoms with Gasteiger partial charge in [-0.15, -0.1) is 0 Å². The molecule has 4 nitrogen and oxygen atoms in total. The Labute approximate surface area is 311 Å². The van der Waals surface area contributed by atoms with Crippen molar-refractivity contribution in [1.82, 2.24) is 15.0 Å². The van der Waals surface area contributed by atoms with Crippen molar-refractivity contribution in [2.75, 3.05) is 0 Å². The number of rotatable bonds is 3. The Hall–Kier alpha value is -7.17. The van der Waals surface area contributed by atoms with E-state index in [1.54, 1.807) is 0 Å². The normalized spacial score (nSPS) is 15.1. The summed E-state index contributed by atoms with van der Waals surface area (Å²) < 4.78 is 6.51.